The quantitative estimate of drug-likeness (QED) is 0.366. The van der Waals surface area contributed by atoms with Crippen molar-refractivity contribution in [1.82, 2.24) is 5.32 Å². The third-order valence-corrected chi connectivity index (χ3v) is 8.65. The van der Waals surface area contributed by atoms with Gasteiger partial charge in [0.25, 0.3) is 5.60 Å². The van der Waals surface area contributed by atoms with Gasteiger partial charge in [-0.25, -0.2) is 17.6 Å². The summed E-state index contributed by atoms with van der Waals surface area (Å²) in [6.07, 6.45) is -13.7. The fourth-order valence-electron chi connectivity index (χ4n) is 4.27. The van der Waals surface area contributed by atoms with E-state index in [1.807, 2.05) is 0 Å². The molecule has 210 valence electrons. The molecule has 0 heterocycles. The monoisotopic (exact) mass is 571 g/mol. The molecule has 6 nitrogen and oxygen atoms in total. The average Bonchev–Trinajstić information content (AvgIpc) is 2.73. The maximum Gasteiger partial charge on any atom is 0.430 e. The highest BCUT2D eigenvalue weighted by molar-refractivity contribution is 7.92. The number of carbonyl (C=O) groups excluding carboxylic acids is 1. The smallest absolute Gasteiger partial charge is 0.430 e. The van der Waals surface area contributed by atoms with Crippen LogP contribution < -0.4 is 5.32 Å². The first-order valence-corrected chi connectivity index (χ1v) is 12.6. The molecule has 38 heavy (non-hydrogen) atoms. The van der Waals surface area contributed by atoms with Crippen LogP contribution in [-0.4, -0.2) is 43.6 Å². The second-order valence-corrected chi connectivity index (χ2v) is 12.2. The highest BCUT2D eigenvalue weighted by Gasteiger charge is 2.71. The number of alkyl halides is 6. The number of halogens is 7. The molecule has 0 saturated heterocycles. The summed E-state index contributed by atoms with van der Waals surface area (Å²) in [6.45, 7) is 4.80. The third-order valence-electron chi connectivity index (χ3n) is 6.16. The molecule has 0 aromatic heterocycles. The Kier molecular flexibility index (Phi) is 7.34. The molecule has 2 aromatic carbocycles. The zero-order valence-corrected chi connectivity index (χ0v) is 21.1. The molecule has 14 heteroatoms. The van der Waals surface area contributed by atoms with Crippen molar-refractivity contribution in [1.29, 1.82) is 0 Å². The highest BCUT2D eigenvalue weighted by atomic mass is 32.2. The van der Waals surface area contributed by atoms with Crippen LogP contribution in [0.5, 0.6) is 0 Å². The number of benzene rings is 2. The summed E-state index contributed by atoms with van der Waals surface area (Å²) in [5.41, 5.74) is -7.80. The van der Waals surface area contributed by atoms with E-state index in [4.69, 9.17) is 4.74 Å². The van der Waals surface area contributed by atoms with E-state index in [1.54, 1.807) is 20.8 Å². The van der Waals surface area contributed by atoms with Crippen molar-refractivity contribution in [3.05, 3.63) is 65.5 Å². The molecular formula is C24H24F7NO5S. The fraction of sp³-hybridized carbons (Fsp3) is 0.458. The van der Waals surface area contributed by atoms with Crippen LogP contribution in [0.15, 0.2) is 53.4 Å². The molecule has 1 fully saturated rings. The molecular weight excluding hydrogens is 547 g/mol. The minimum Gasteiger partial charge on any atom is -0.444 e. The lowest BCUT2D eigenvalue weighted by molar-refractivity contribution is -0.376. The van der Waals surface area contributed by atoms with E-state index in [2.05, 4.69) is 5.32 Å². The molecule has 1 saturated carbocycles. The van der Waals surface area contributed by atoms with Crippen molar-refractivity contribution >= 4 is 15.9 Å². The normalized spacial score (nSPS) is 21.0. The molecule has 0 atom stereocenters. The SMILES string of the molecule is CC(C)(C)OC(=O)N[C@H]1C[C@@](c2ccc(C(O)(C(F)(F)F)C(F)(F)F)cc2)(S(=O)(=O)c2ccc(F)cc2)C1. The van der Waals surface area contributed by atoms with E-state index >= 15 is 0 Å². The first-order valence-electron chi connectivity index (χ1n) is 11.1. The Balaban J connectivity index is 2.04. The van der Waals surface area contributed by atoms with Crippen molar-refractivity contribution in [2.24, 2.45) is 0 Å². The van der Waals surface area contributed by atoms with E-state index in [-0.39, 0.29) is 23.3 Å². The minimum atomic E-state index is -6.12. The Labute approximate surface area is 213 Å². The van der Waals surface area contributed by atoms with E-state index in [0.717, 1.165) is 36.4 Å². The van der Waals surface area contributed by atoms with Gasteiger partial charge in [-0.15, -0.1) is 0 Å². The van der Waals surface area contributed by atoms with E-state index in [9.17, 15) is 49.1 Å². The molecule has 0 radical (unpaired) electrons. The lowest BCUT2D eigenvalue weighted by Crippen LogP contribution is -2.57. The lowest BCUT2D eigenvalue weighted by atomic mass is 9.74. The highest BCUT2D eigenvalue weighted by Crippen LogP contribution is 2.53. The van der Waals surface area contributed by atoms with Crippen LogP contribution in [0, 0.1) is 5.82 Å². The maximum atomic E-state index is 13.6. The van der Waals surface area contributed by atoms with Crippen LogP contribution in [0.4, 0.5) is 35.5 Å². The number of hydrogen-bond acceptors (Lipinski definition) is 5. The molecule has 1 amide bonds. The number of aliphatic hydroxyl groups is 1. The number of nitrogens with one attached hydrogen (secondary N) is 1. The Bertz CT molecular complexity index is 1260. The van der Waals surface area contributed by atoms with Gasteiger partial charge in [0.2, 0.25) is 0 Å². The van der Waals surface area contributed by atoms with Gasteiger partial charge in [-0.2, -0.15) is 26.3 Å². The van der Waals surface area contributed by atoms with Gasteiger partial charge in [-0.1, -0.05) is 24.3 Å². The predicted octanol–water partition coefficient (Wildman–Crippen LogP) is 5.49. The average molecular weight is 572 g/mol. The lowest BCUT2D eigenvalue weighted by Gasteiger charge is -2.47. The van der Waals surface area contributed by atoms with Crippen molar-refractivity contribution in [3.63, 3.8) is 0 Å². The van der Waals surface area contributed by atoms with Gasteiger partial charge in [-0.3, -0.25) is 0 Å². The number of sulfone groups is 1. The Morgan fingerprint density at radius 1 is 0.921 bits per heavy atom. The van der Waals surface area contributed by atoms with E-state index in [0.29, 0.717) is 12.1 Å². The van der Waals surface area contributed by atoms with Crippen molar-refractivity contribution in [2.45, 2.75) is 72.9 Å². The van der Waals surface area contributed by atoms with Gasteiger partial charge in [0, 0.05) is 11.6 Å². The summed E-state index contributed by atoms with van der Waals surface area (Å²) < 4.78 is 124. The van der Waals surface area contributed by atoms with Crippen LogP contribution in [0.25, 0.3) is 0 Å². The summed E-state index contributed by atoms with van der Waals surface area (Å²) >= 11 is 0. The molecule has 0 unspecified atom stereocenters. The summed E-state index contributed by atoms with van der Waals surface area (Å²) in [7, 11) is -4.41. The topological polar surface area (TPSA) is 92.7 Å². The Morgan fingerprint density at radius 2 is 1.39 bits per heavy atom. The standard InChI is InChI=1S/C24H24F7NO5S/c1-20(2,3)37-19(33)32-17-12-21(13-17,38(35,36)18-10-8-16(25)9-11-18)14-4-6-15(7-5-14)22(34,23(26,27)28)24(29,30)31/h4-11,17,34H,12-13H2,1-3H3,(H,32,33)/t17-,21+. The van der Waals surface area contributed by atoms with Gasteiger partial charge in [0.1, 0.15) is 16.2 Å². The van der Waals surface area contributed by atoms with Crippen molar-refractivity contribution in [3.8, 4) is 0 Å². The van der Waals surface area contributed by atoms with Crippen LogP contribution in [-0.2, 0) is 24.9 Å². The molecule has 0 bridgehead atoms. The van der Waals surface area contributed by atoms with Crippen molar-refractivity contribution < 1.29 is 53.8 Å². The molecule has 0 aliphatic heterocycles. The summed E-state index contributed by atoms with van der Waals surface area (Å²) in [6, 6.07) is 5.15. The number of rotatable bonds is 5. The Morgan fingerprint density at radius 3 is 1.82 bits per heavy atom. The summed E-state index contributed by atoms with van der Waals surface area (Å²) in [4.78, 5) is 11.8. The fourth-order valence-corrected chi connectivity index (χ4v) is 6.50. The van der Waals surface area contributed by atoms with Crippen LogP contribution >= 0.6 is 0 Å². The van der Waals surface area contributed by atoms with Crippen LogP contribution in [0.1, 0.15) is 44.7 Å². The number of amides is 1. The molecule has 1 aliphatic carbocycles. The first-order chi connectivity index (χ1) is 17.1. The van der Waals surface area contributed by atoms with Crippen LogP contribution in [0.2, 0.25) is 0 Å². The summed E-state index contributed by atoms with van der Waals surface area (Å²) in [5, 5.41) is 12.1. The number of ether oxygens (including phenoxy) is 1. The zero-order valence-electron chi connectivity index (χ0n) is 20.2. The molecule has 0 spiro atoms. The second kappa shape index (κ2) is 9.40. The second-order valence-electron chi connectivity index (χ2n) is 9.99. The van der Waals surface area contributed by atoms with Gasteiger partial charge < -0.3 is 15.2 Å². The number of alkyl carbamates (subject to hydrolysis) is 1. The van der Waals surface area contributed by atoms with Gasteiger partial charge in [0.05, 0.1) is 4.90 Å². The first kappa shape index (κ1) is 29.7. The molecule has 2 aromatic rings. The Hall–Kier alpha value is -2.87. The maximum absolute atomic E-state index is 13.6. The summed E-state index contributed by atoms with van der Waals surface area (Å²) in [5.74, 6) is -0.737. The van der Waals surface area contributed by atoms with E-state index < -0.39 is 61.7 Å². The largest absolute Gasteiger partial charge is 0.444 e. The third kappa shape index (κ3) is 5.20. The number of hydrogen-bond donors (Lipinski definition) is 2. The predicted molar refractivity (Wildman–Crippen MR) is 120 cm³/mol. The number of carbonyl (C=O) groups is 1. The van der Waals surface area contributed by atoms with Gasteiger partial charge in [0.15, 0.2) is 9.84 Å². The minimum absolute atomic E-state index is 0.181. The van der Waals surface area contributed by atoms with Crippen LogP contribution in [0.3, 0.4) is 0 Å². The van der Waals surface area contributed by atoms with Gasteiger partial charge >= 0.3 is 18.4 Å². The molecule has 3 rings (SSSR count). The van der Waals surface area contributed by atoms with Crippen molar-refractivity contribution in [2.75, 3.05) is 0 Å². The molecule has 2 N–H and O–H groups in total. The molecule has 1 aliphatic rings. The zero-order chi connectivity index (χ0) is 28.9. The van der Waals surface area contributed by atoms with E-state index in [1.165, 1.54) is 0 Å². The van der Waals surface area contributed by atoms with Gasteiger partial charge in [-0.05, 0) is 63.4 Å².